The van der Waals surface area contributed by atoms with Crippen LogP contribution in [0.3, 0.4) is 0 Å². The van der Waals surface area contributed by atoms with E-state index in [4.69, 9.17) is 0 Å². The van der Waals surface area contributed by atoms with Crippen molar-refractivity contribution in [2.24, 2.45) is 0 Å². The first-order chi connectivity index (χ1) is 8.93. The number of anilines is 1. The third kappa shape index (κ3) is 2.59. The highest BCUT2D eigenvalue weighted by Gasteiger charge is 2.17. The maximum Gasteiger partial charge on any atom is 0.0399 e. The molecule has 2 aliphatic heterocycles. The molecular weight excluding hydrogens is 220 g/mol. The van der Waals surface area contributed by atoms with Crippen LogP contribution in [0.2, 0.25) is 0 Å². The molecule has 0 saturated carbocycles. The molecule has 2 heterocycles. The highest BCUT2D eigenvalue weighted by Crippen LogP contribution is 2.27. The third-order valence-corrected chi connectivity index (χ3v) is 4.03. The van der Waals surface area contributed by atoms with Crippen LogP contribution in [0, 0.1) is 0 Å². The molecule has 2 heteroatoms. The summed E-state index contributed by atoms with van der Waals surface area (Å²) < 4.78 is 0. The van der Waals surface area contributed by atoms with Crippen molar-refractivity contribution in [2.45, 2.75) is 19.3 Å². The molecule has 96 valence electrons. The summed E-state index contributed by atoms with van der Waals surface area (Å²) in [5.74, 6) is 0. The van der Waals surface area contributed by atoms with Gasteiger partial charge in [0.05, 0.1) is 0 Å². The zero-order valence-corrected chi connectivity index (χ0v) is 11.0. The van der Waals surface area contributed by atoms with E-state index in [1.165, 1.54) is 56.7 Å². The van der Waals surface area contributed by atoms with Gasteiger partial charge in [-0.25, -0.2) is 0 Å². The van der Waals surface area contributed by atoms with Gasteiger partial charge in [0.2, 0.25) is 0 Å². The van der Waals surface area contributed by atoms with Gasteiger partial charge in [-0.3, -0.25) is 4.90 Å². The molecule has 1 aromatic rings. The molecule has 0 aliphatic carbocycles. The minimum absolute atomic E-state index is 1.15. The second-order valence-corrected chi connectivity index (χ2v) is 5.28. The Morgan fingerprint density at radius 3 is 2.83 bits per heavy atom. The van der Waals surface area contributed by atoms with Crippen LogP contribution in [-0.2, 0) is 6.42 Å². The lowest BCUT2D eigenvalue weighted by Gasteiger charge is -2.25. The smallest absolute Gasteiger partial charge is 0.0399 e. The van der Waals surface area contributed by atoms with Gasteiger partial charge in [-0.15, -0.1) is 0 Å². The topological polar surface area (TPSA) is 6.48 Å². The zero-order valence-electron chi connectivity index (χ0n) is 11.0. The summed E-state index contributed by atoms with van der Waals surface area (Å²) in [7, 11) is 0. The average Bonchev–Trinajstić information content (AvgIpc) is 2.84. The number of hydrogen-bond acceptors (Lipinski definition) is 2. The molecule has 2 aliphatic rings. The molecule has 0 aromatic heterocycles. The first-order valence-corrected chi connectivity index (χ1v) is 7.14. The maximum absolute atomic E-state index is 2.56. The molecule has 0 spiro atoms. The van der Waals surface area contributed by atoms with Crippen LogP contribution in [0.15, 0.2) is 36.4 Å². The van der Waals surface area contributed by atoms with E-state index in [1.54, 1.807) is 0 Å². The molecule has 18 heavy (non-hydrogen) atoms. The Bertz CT molecular complexity index is 425. The molecule has 0 amide bonds. The van der Waals surface area contributed by atoms with E-state index in [9.17, 15) is 0 Å². The predicted molar refractivity (Wildman–Crippen MR) is 77.2 cm³/mol. The summed E-state index contributed by atoms with van der Waals surface area (Å²) >= 11 is 0. The van der Waals surface area contributed by atoms with Crippen molar-refractivity contribution in [3.63, 3.8) is 0 Å². The normalized spacial score (nSPS) is 19.2. The molecule has 3 rings (SSSR count). The third-order valence-electron chi connectivity index (χ3n) is 4.03. The molecule has 1 aromatic carbocycles. The number of para-hydroxylation sites is 1. The number of rotatable bonds is 4. The van der Waals surface area contributed by atoms with E-state index in [-0.39, 0.29) is 0 Å². The van der Waals surface area contributed by atoms with Crippen LogP contribution in [0.25, 0.3) is 0 Å². The Morgan fingerprint density at radius 2 is 1.94 bits per heavy atom. The van der Waals surface area contributed by atoms with E-state index in [0.717, 1.165) is 6.54 Å². The molecule has 0 N–H and O–H groups in total. The van der Waals surface area contributed by atoms with Crippen molar-refractivity contribution in [1.82, 2.24) is 4.90 Å². The van der Waals surface area contributed by atoms with Crippen LogP contribution < -0.4 is 4.90 Å². The number of hydrogen-bond donors (Lipinski definition) is 0. The lowest BCUT2D eigenvalue weighted by molar-refractivity contribution is 0.296. The summed E-state index contributed by atoms with van der Waals surface area (Å²) in [6.45, 7) is 6.04. The van der Waals surface area contributed by atoms with Crippen LogP contribution in [0.4, 0.5) is 5.69 Å². The Morgan fingerprint density at radius 1 is 1.00 bits per heavy atom. The molecule has 0 unspecified atom stereocenters. The minimum Gasteiger partial charge on any atom is -0.371 e. The van der Waals surface area contributed by atoms with Crippen LogP contribution >= 0.6 is 0 Å². The van der Waals surface area contributed by atoms with Gasteiger partial charge >= 0.3 is 0 Å². The lowest BCUT2D eigenvalue weighted by atomic mass is 10.2. The highest BCUT2D eigenvalue weighted by molar-refractivity contribution is 5.57. The Kier molecular flexibility index (Phi) is 3.65. The van der Waals surface area contributed by atoms with Gasteiger partial charge < -0.3 is 4.90 Å². The summed E-state index contributed by atoms with van der Waals surface area (Å²) in [6, 6.07) is 8.85. The first-order valence-electron chi connectivity index (χ1n) is 7.14. The van der Waals surface area contributed by atoms with Gasteiger partial charge in [0.1, 0.15) is 0 Å². The SMILES string of the molecule is C1=CCN(CCCN2CCc3ccccc32)CC1. The van der Waals surface area contributed by atoms with Crippen molar-refractivity contribution in [3.05, 3.63) is 42.0 Å². The minimum atomic E-state index is 1.15. The standard InChI is InChI=1S/C16H22N2/c1-4-10-17(11-5-1)12-6-13-18-14-9-15-7-2-3-8-16(15)18/h1-4,7-8H,5-6,9-14H2. The van der Waals surface area contributed by atoms with E-state index in [1.807, 2.05) is 0 Å². The van der Waals surface area contributed by atoms with E-state index in [0.29, 0.717) is 0 Å². The van der Waals surface area contributed by atoms with Gasteiger partial charge in [0.25, 0.3) is 0 Å². The molecule has 0 saturated heterocycles. The van der Waals surface area contributed by atoms with E-state index in [2.05, 4.69) is 46.2 Å². The van der Waals surface area contributed by atoms with Crippen molar-refractivity contribution in [1.29, 1.82) is 0 Å². The number of nitrogens with zero attached hydrogens (tertiary/aromatic N) is 2. The van der Waals surface area contributed by atoms with Crippen molar-refractivity contribution in [2.75, 3.05) is 37.6 Å². The summed E-state index contributed by atoms with van der Waals surface area (Å²) in [4.78, 5) is 5.11. The first kappa shape index (κ1) is 11.8. The second kappa shape index (κ2) is 5.57. The fourth-order valence-electron chi connectivity index (χ4n) is 3.02. The van der Waals surface area contributed by atoms with Crippen molar-refractivity contribution < 1.29 is 0 Å². The van der Waals surface area contributed by atoms with Crippen LogP contribution in [0.1, 0.15) is 18.4 Å². The Labute approximate surface area is 110 Å². The van der Waals surface area contributed by atoms with Crippen molar-refractivity contribution in [3.8, 4) is 0 Å². The largest absolute Gasteiger partial charge is 0.371 e. The van der Waals surface area contributed by atoms with Gasteiger partial charge in [0, 0.05) is 38.4 Å². The van der Waals surface area contributed by atoms with Gasteiger partial charge in [0.15, 0.2) is 0 Å². The second-order valence-electron chi connectivity index (χ2n) is 5.28. The predicted octanol–water partition coefficient (Wildman–Crippen LogP) is 2.70. The molecule has 2 nitrogen and oxygen atoms in total. The van der Waals surface area contributed by atoms with Crippen LogP contribution in [0.5, 0.6) is 0 Å². The van der Waals surface area contributed by atoms with Gasteiger partial charge in [-0.05, 0) is 30.9 Å². The maximum atomic E-state index is 2.56. The quantitative estimate of drug-likeness (QED) is 0.749. The summed E-state index contributed by atoms with van der Waals surface area (Å²) in [5, 5.41) is 0. The van der Waals surface area contributed by atoms with Crippen molar-refractivity contribution >= 4 is 5.69 Å². The lowest BCUT2D eigenvalue weighted by Crippen LogP contribution is -2.31. The van der Waals surface area contributed by atoms with E-state index >= 15 is 0 Å². The van der Waals surface area contributed by atoms with Gasteiger partial charge in [-0.2, -0.15) is 0 Å². The molecule has 0 fully saturated rings. The summed E-state index contributed by atoms with van der Waals surface area (Å²) in [5.41, 5.74) is 2.99. The fourth-order valence-corrected chi connectivity index (χ4v) is 3.02. The molecule has 0 bridgehead atoms. The highest BCUT2D eigenvalue weighted by atomic mass is 15.2. The fraction of sp³-hybridized carbons (Fsp3) is 0.500. The zero-order chi connectivity index (χ0) is 12.2. The monoisotopic (exact) mass is 242 g/mol. The Hall–Kier alpha value is -1.28. The summed E-state index contributed by atoms with van der Waals surface area (Å²) in [6.07, 6.45) is 8.33. The molecule has 0 atom stereocenters. The average molecular weight is 242 g/mol. The molecular formula is C16H22N2. The van der Waals surface area contributed by atoms with E-state index < -0.39 is 0 Å². The molecule has 0 radical (unpaired) electrons. The Balaban J connectivity index is 1.48. The van der Waals surface area contributed by atoms with Gasteiger partial charge in [-0.1, -0.05) is 30.4 Å². The number of benzene rings is 1. The van der Waals surface area contributed by atoms with Crippen LogP contribution in [-0.4, -0.2) is 37.6 Å². The number of fused-ring (bicyclic) bond motifs is 1.